The van der Waals surface area contributed by atoms with E-state index in [9.17, 15) is 4.79 Å². The van der Waals surface area contributed by atoms with Crippen LogP contribution in [0.3, 0.4) is 0 Å². The van der Waals surface area contributed by atoms with E-state index in [4.69, 9.17) is 9.73 Å². The van der Waals surface area contributed by atoms with Gasteiger partial charge in [-0.1, -0.05) is 12.1 Å². The van der Waals surface area contributed by atoms with E-state index in [-0.39, 0.29) is 35.9 Å². The Morgan fingerprint density at radius 2 is 1.89 bits per heavy atom. The molecule has 0 saturated carbocycles. The minimum absolute atomic E-state index is 0. The van der Waals surface area contributed by atoms with Crippen molar-refractivity contribution in [2.45, 2.75) is 19.9 Å². The first-order valence-electron chi connectivity index (χ1n) is 9.55. The standard InChI is InChI=1S/C20H33N5O2.HI/c1-6-21-20(25-12-10-24(11-13-25)16(2)26)22-15-19(23(3)4)17-8-7-9-18(14-17)27-5;/h7-9,14,19H,6,10-13,15H2,1-5H3,(H,21,22);1H. The SMILES string of the molecule is CCNC(=NCC(c1cccc(OC)c1)N(C)C)N1CCN(C(C)=O)CC1.I. The fourth-order valence-electron chi connectivity index (χ4n) is 3.25. The van der Waals surface area contributed by atoms with Crippen molar-refractivity contribution in [3.05, 3.63) is 29.8 Å². The van der Waals surface area contributed by atoms with Crippen molar-refractivity contribution >= 4 is 35.8 Å². The normalized spacial score (nSPS) is 15.9. The summed E-state index contributed by atoms with van der Waals surface area (Å²) in [5.41, 5.74) is 1.18. The summed E-state index contributed by atoms with van der Waals surface area (Å²) in [4.78, 5) is 22.8. The number of piperazine rings is 1. The number of likely N-dealkylation sites (N-methyl/N-ethyl adjacent to an activating group) is 1. The molecule has 7 nitrogen and oxygen atoms in total. The van der Waals surface area contributed by atoms with Crippen LogP contribution in [-0.4, -0.2) is 87.0 Å². The average molecular weight is 503 g/mol. The molecule has 1 aliphatic heterocycles. The molecule has 1 N–H and O–H groups in total. The number of methoxy groups -OCH3 is 1. The van der Waals surface area contributed by atoms with Crippen molar-refractivity contribution in [1.29, 1.82) is 0 Å². The van der Waals surface area contributed by atoms with Crippen LogP contribution < -0.4 is 10.1 Å². The van der Waals surface area contributed by atoms with Gasteiger partial charge in [0.1, 0.15) is 5.75 Å². The molecule has 1 heterocycles. The van der Waals surface area contributed by atoms with Gasteiger partial charge < -0.3 is 24.8 Å². The zero-order chi connectivity index (χ0) is 19.8. The summed E-state index contributed by atoms with van der Waals surface area (Å²) in [6.07, 6.45) is 0. The van der Waals surface area contributed by atoms with Crippen LogP contribution in [0.4, 0.5) is 0 Å². The number of halogens is 1. The number of hydrogen-bond donors (Lipinski definition) is 1. The Hall–Kier alpha value is -1.55. The minimum Gasteiger partial charge on any atom is -0.497 e. The number of carbonyl (C=O) groups excluding carboxylic acids is 1. The summed E-state index contributed by atoms with van der Waals surface area (Å²) in [5.74, 6) is 1.91. The third-order valence-corrected chi connectivity index (χ3v) is 4.88. The van der Waals surface area contributed by atoms with Gasteiger partial charge in [-0.15, -0.1) is 24.0 Å². The molecule has 1 aromatic carbocycles. The van der Waals surface area contributed by atoms with Gasteiger partial charge in [-0.05, 0) is 38.7 Å². The number of guanidine groups is 1. The number of nitrogens with one attached hydrogen (secondary N) is 1. The smallest absolute Gasteiger partial charge is 0.219 e. The first-order chi connectivity index (χ1) is 13.0. The van der Waals surface area contributed by atoms with Crippen LogP contribution in [0.5, 0.6) is 5.75 Å². The quantitative estimate of drug-likeness (QED) is 0.366. The average Bonchev–Trinajstić information content (AvgIpc) is 2.67. The van der Waals surface area contributed by atoms with Crippen molar-refractivity contribution in [2.24, 2.45) is 4.99 Å². The largest absolute Gasteiger partial charge is 0.497 e. The Kier molecular flexibility index (Phi) is 10.6. The number of aliphatic imine (C=N–C) groups is 1. The van der Waals surface area contributed by atoms with Crippen LogP contribution in [0.25, 0.3) is 0 Å². The van der Waals surface area contributed by atoms with Gasteiger partial charge in [-0.2, -0.15) is 0 Å². The number of hydrogen-bond acceptors (Lipinski definition) is 4. The lowest BCUT2D eigenvalue weighted by molar-refractivity contribution is -0.130. The molecule has 2 rings (SSSR count). The molecular formula is C20H34IN5O2. The predicted molar refractivity (Wildman–Crippen MR) is 125 cm³/mol. The van der Waals surface area contributed by atoms with Crippen molar-refractivity contribution in [1.82, 2.24) is 20.0 Å². The maximum absolute atomic E-state index is 11.5. The molecule has 0 aliphatic carbocycles. The fraction of sp³-hybridized carbons (Fsp3) is 0.600. The van der Waals surface area contributed by atoms with Gasteiger partial charge in [0.25, 0.3) is 0 Å². The monoisotopic (exact) mass is 503 g/mol. The zero-order valence-electron chi connectivity index (χ0n) is 17.6. The summed E-state index contributed by atoms with van der Waals surface area (Å²) >= 11 is 0. The van der Waals surface area contributed by atoms with Gasteiger partial charge in [-0.25, -0.2) is 0 Å². The maximum atomic E-state index is 11.5. The van der Waals surface area contributed by atoms with Crippen LogP contribution >= 0.6 is 24.0 Å². The molecular weight excluding hydrogens is 469 g/mol. The van der Waals surface area contributed by atoms with Crippen molar-refractivity contribution in [3.63, 3.8) is 0 Å². The lowest BCUT2D eigenvalue weighted by atomic mass is 10.1. The van der Waals surface area contributed by atoms with E-state index in [1.807, 2.05) is 17.0 Å². The van der Waals surface area contributed by atoms with Crippen LogP contribution in [0, 0.1) is 0 Å². The number of ether oxygens (including phenoxy) is 1. The summed E-state index contributed by atoms with van der Waals surface area (Å²) < 4.78 is 5.37. The number of rotatable bonds is 6. The lowest BCUT2D eigenvalue weighted by Crippen LogP contribution is -2.53. The summed E-state index contributed by atoms with van der Waals surface area (Å²) in [6.45, 7) is 8.26. The molecule has 1 amide bonds. The molecule has 158 valence electrons. The Labute approximate surface area is 186 Å². The highest BCUT2D eigenvalue weighted by Gasteiger charge is 2.22. The van der Waals surface area contributed by atoms with Crippen LogP contribution in [-0.2, 0) is 4.79 Å². The van der Waals surface area contributed by atoms with Crippen LogP contribution in [0.1, 0.15) is 25.5 Å². The third-order valence-electron chi connectivity index (χ3n) is 4.88. The second-order valence-electron chi connectivity index (χ2n) is 6.94. The molecule has 8 heteroatoms. The van der Waals surface area contributed by atoms with E-state index >= 15 is 0 Å². The molecule has 1 unspecified atom stereocenters. The van der Waals surface area contributed by atoms with Gasteiger partial charge in [-0.3, -0.25) is 9.79 Å². The predicted octanol–water partition coefficient (Wildman–Crippen LogP) is 2.05. The number of nitrogens with zero attached hydrogens (tertiary/aromatic N) is 4. The molecule has 0 aromatic heterocycles. The molecule has 0 bridgehead atoms. The number of benzene rings is 1. The first-order valence-corrected chi connectivity index (χ1v) is 9.55. The van der Waals surface area contributed by atoms with Crippen molar-refractivity contribution in [2.75, 3.05) is 60.5 Å². The summed E-state index contributed by atoms with van der Waals surface area (Å²) in [6, 6.07) is 8.31. The third kappa shape index (κ3) is 6.80. The Morgan fingerprint density at radius 1 is 1.25 bits per heavy atom. The van der Waals surface area contributed by atoms with Gasteiger partial charge in [0.05, 0.1) is 19.7 Å². The minimum atomic E-state index is 0. The molecule has 0 radical (unpaired) electrons. The second-order valence-corrected chi connectivity index (χ2v) is 6.94. The molecule has 1 fully saturated rings. The van der Waals surface area contributed by atoms with Crippen molar-refractivity contribution < 1.29 is 9.53 Å². The Balaban J connectivity index is 0.00000392. The first kappa shape index (κ1) is 24.5. The zero-order valence-corrected chi connectivity index (χ0v) is 20.0. The lowest BCUT2D eigenvalue weighted by Gasteiger charge is -2.36. The van der Waals surface area contributed by atoms with Crippen molar-refractivity contribution in [3.8, 4) is 5.75 Å². The second kappa shape index (κ2) is 12.1. The van der Waals surface area contributed by atoms with E-state index in [1.165, 1.54) is 5.56 Å². The Morgan fingerprint density at radius 3 is 2.43 bits per heavy atom. The Bertz CT molecular complexity index is 645. The topological polar surface area (TPSA) is 60.4 Å². The summed E-state index contributed by atoms with van der Waals surface area (Å²) in [5, 5.41) is 3.39. The highest BCUT2D eigenvalue weighted by molar-refractivity contribution is 14.0. The maximum Gasteiger partial charge on any atom is 0.219 e. The van der Waals surface area contributed by atoms with E-state index < -0.39 is 0 Å². The molecule has 28 heavy (non-hydrogen) atoms. The van der Waals surface area contributed by atoms with Gasteiger partial charge in [0, 0.05) is 39.6 Å². The highest BCUT2D eigenvalue weighted by Crippen LogP contribution is 2.23. The molecule has 0 spiro atoms. The van der Waals surface area contributed by atoms with E-state index in [0.29, 0.717) is 6.54 Å². The van der Waals surface area contributed by atoms with Gasteiger partial charge >= 0.3 is 0 Å². The van der Waals surface area contributed by atoms with E-state index in [1.54, 1.807) is 14.0 Å². The highest BCUT2D eigenvalue weighted by atomic mass is 127. The van der Waals surface area contributed by atoms with Gasteiger partial charge in [0.15, 0.2) is 5.96 Å². The van der Waals surface area contributed by atoms with Crippen LogP contribution in [0.2, 0.25) is 0 Å². The molecule has 1 atom stereocenters. The van der Waals surface area contributed by atoms with E-state index in [0.717, 1.165) is 44.4 Å². The van der Waals surface area contributed by atoms with Gasteiger partial charge in [0.2, 0.25) is 5.91 Å². The molecule has 1 aliphatic rings. The number of carbonyl (C=O) groups is 1. The summed E-state index contributed by atoms with van der Waals surface area (Å²) in [7, 11) is 5.82. The molecule has 1 aromatic rings. The molecule has 1 saturated heterocycles. The van der Waals surface area contributed by atoms with E-state index in [2.05, 4.69) is 48.3 Å². The van der Waals surface area contributed by atoms with Crippen LogP contribution in [0.15, 0.2) is 29.3 Å². The number of amides is 1. The fourth-order valence-corrected chi connectivity index (χ4v) is 3.25.